The number of aromatic nitrogens is 2. The molecule has 0 bridgehead atoms. The second-order valence-electron chi connectivity index (χ2n) is 10.2. The maximum atomic E-state index is 13.1. The largest absolute Gasteiger partial charge is 0.341 e. The molecule has 5 rings (SSSR count). The Bertz CT molecular complexity index is 1020. The lowest BCUT2D eigenvalue weighted by Gasteiger charge is -2.33. The Morgan fingerprint density at radius 2 is 1.85 bits per heavy atom. The molecule has 6 nitrogen and oxygen atoms in total. The SMILES string of the molecule is O=C(CN1CCC[C@@H](Cc2ccccc2)C1)N1CC[C@@H](c2cc(=O)n3c(n2)CCCCC3)C1. The molecule has 0 saturated carbocycles. The fourth-order valence-electron chi connectivity index (χ4n) is 5.87. The van der Waals surface area contributed by atoms with Crippen LogP contribution in [0.5, 0.6) is 0 Å². The zero-order chi connectivity index (χ0) is 22.6. The third-order valence-electron chi connectivity index (χ3n) is 7.68. The number of hydrogen-bond donors (Lipinski definition) is 0. The molecule has 2 atom stereocenters. The molecule has 33 heavy (non-hydrogen) atoms. The van der Waals surface area contributed by atoms with Crippen LogP contribution >= 0.6 is 0 Å². The van der Waals surface area contributed by atoms with Crippen LogP contribution in [0.4, 0.5) is 0 Å². The minimum absolute atomic E-state index is 0.0828. The van der Waals surface area contributed by atoms with Crippen molar-refractivity contribution in [1.82, 2.24) is 19.4 Å². The Balaban J connectivity index is 1.17. The zero-order valence-electron chi connectivity index (χ0n) is 19.6. The zero-order valence-corrected chi connectivity index (χ0v) is 19.6. The van der Waals surface area contributed by atoms with Gasteiger partial charge in [-0.15, -0.1) is 0 Å². The number of rotatable bonds is 5. The smallest absolute Gasteiger partial charge is 0.253 e. The standard InChI is InChI=1S/C27H36N4O2/c32-26-17-24(28-25-11-5-2-6-14-31(25)26)23-12-15-30(19-23)27(33)20-29-13-7-10-22(18-29)16-21-8-3-1-4-9-21/h1,3-4,8-9,17,22-23H,2,5-7,10-16,18-20H2/t22-,23+/m0/s1. The van der Waals surface area contributed by atoms with Crippen molar-refractivity contribution in [2.75, 3.05) is 32.7 Å². The van der Waals surface area contributed by atoms with Gasteiger partial charge in [-0.2, -0.15) is 0 Å². The van der Waals surface area contributed by atoms with Gasteiger partial charge in [-0.05, 0) is 56.6 Å². The van der Waals surface area contributed by atoms with E-state index in [4.69, 9.17) is 4.98 Å². The Kier molecular flexibility index (Phi) is 6.91. The summed E-state index contributed by atoms with van der Waals surface area (Å²) in [7, 11) is 0. The van der Waals surface area contributed by atoms with Crippen molar-refractivity contribution in [2.24, 2.45) is 5.92 Å². The minimum Gasteiger partial charge on any atom is -0.341 e. The number of amides is 1. The van der Waals surface area contributed by atoms with Crippen LogP contribution in [0.15, 0.2) is 41.2 Å². The predicted octanol–water partition coefficient (Wildman–Crippen LogP) is 3.24. The third-order valence-corrected chi connectivity index (χ3v) is 7.68. The summed E-state index contributed by atoms with van der Waals surface area (Å²) in [5.74, 6) is 1.97. The fourth-order valence-corrected chi connectivity index (χ4v) is 5.87. The van der Waals surface area contributed by atoms with E-state index in [0.717, 1.165) is 82.6 Å². The molecule has 2 aromatic rings. The molecule has 1 amide bonds. The second-order valence-corrected chi connectivity index (χ2v) is 10.2. The predicted molar refractivity (Wildman–Crippen MR) is 129 cm³/mol. The summed E-state index contributed by atoms with van der Waals surface area (Å²) >= 11 is 0. The van der Waals surface area contributed by atoms with Gasteiger partial charge < -0.3 is 4.90 Å². The number of fused-ring (bicyclic) bond motifs is 1. The maximum Gasteiger partial charge on any atom is 0.253 e. The van der Waals surface area contributed by atoms with Gasteiger partial charge in [-0.1, -0.05) is 36.8 Å². The van der Waals surface area contributed by atoms with Crippen LogP contribution in [0, 0.1) is 5.92 Å². The molecule has 3 aliphatic heterocycles. The van der Waals surface area contributed by atoms with Gasteiger partial charge in [0.15, 0.2) is 0 Å². The number of likely N-dealkylation sites (tertiary alicyclic amines) is 2. The first-order valence-corrected chi connectivity index (χ1v) is 12.8. The van der Waals surface area contributed by atoms with Gasteiger partial charge in [0.2, 0.25) is 5.91 Å². The van der Waals surface area contributed by atoms with E-state index < -0.39 is 0 Å². The molecule has 6 heteroatoms. The number of piperidine rings is 1. The Hall–Kier alpha value is -2.47. The monoisotopic (exact) mass is 448 g/mol. The van der Waals surface area contributed by atoms with Crippen LogP contribution in [-0.2, 0) is 24.2 Å². The fraction of sp³-hybridized carbons (Fsp3) is 0.593. The molecular formula is C27H36N4O2. The number of aryl methyl sites for hydroxylation is 1. The van der Waals surface area contributed by atoms with Crippen molar-refractivity contribution in [1.29, 1.82) is 0 Å². The van der Waals surface area contributed by atoms with Crippen LogP contribution in [0.3, 0.4) is 0 Å². The molecule has 0 aliphatic carbocycles. The van der Waals surface area contributed by atoms with Crippen LogP contribution < -0.4 is 5.56 Å². The highest BCUT2D eigenvalue weighted by molar-refractivity contribution is 5.78. The van der Waals surface area contributed by atoms with Gasteiger partial charge in [0, 0.05) is 44.6 Å². The summed E-state index contributed by atoms with van der Waals surface area (Å²) in [6.07, 6.45) is 8.61. The number of carbonyl (C=O) groups is 1. The molecule has 1 aromatic carbocycles. The normalized spacial score (nSPS) is 23.8. The first-order valence-electron chi connectivity index (χ1n) is 12.8. The average molecular weight is 449 g/mol. The molecular weight excluding hydrogens is 412 g/mol. The molecule has 4 heterocycles. The Morgan fingerprint density at radius 1 is 0.970 bits per heavy atom. The molecule has 2 fully saturated rings. The molecule has 0 N–H and O–H groups in total. The van der Waals surface area contributed by atoms with Crippen molar-refractivity contribution in [3.8, 4) is 0 Å². The van der Waals surface area contributed by atoms with Crippen molar-refractivity contribution in [2.45, 2.75) is 63.8 Å². The van der Waals surface area contributed by atoms with Crippen LogP contribution in [0.1, 0.15) is 61.5 Å². The number of carbonyl (C=O) groups excluding carboxylic acids is 1. The molecule has 2 saturated heterocycles. The molecule has 0 radical (unpaired) electrons. The van der Waals surface area contributed by atoms with Gasteiger partial charge in [0.1, 0.15) is 5.82 Å². The van der Waals surface area contributed by atoms with E-state index in [9.17, 15) is 9.59 Å². The van der Waals surface area contributed by atoms with Crippen LogP contribution in [0.25, 0.3) is 0 Å². The first kappa shape index (κ1) is 22.3. The summed E-state index contributed by atoms with van der Waals surface area (Å²) in [6.45, 7) is 4.77. The number of hydrogen-bond acceptors (Lipinski definition) is 4. The summed E-state index contributed by atoms with van der Waals surface area (Å²) in [5.41, 5.74) is 2.37. The Labute approximate surface area is 196 Å². The maximum absolute atomic E-state index is 13.1. The molecule has 0 unspecified atom stereocenters. The highest BCUT2D eigenvalue weighted by Gasteiger charge is 2.31. The summed E-state index contributed by atoms with van der Waals surface area (Å²) in [5, 5.41) is 0. The highest BCUT2D eigenvalue weighted by Crippen LogP contribution is 2.27. The lowest BCUT2D eigenvalue weighted by atomic mass is 9.91. The second kappa shape index (κ2) is 10.2. The van der Waals surface area contributed by atoms with E-state index in [0.29, 0.717) is 19.0 Å². The van der Waals surface area contributed by atoms with Crippen LogP contribution in [-0.4, -0.2) is 58.0 Å². The topological polar surface area (TPSA) is 58.4 Å². The quantitative estimate of drug-likeness (QED) is 0.705. The van der Waals surface area contributed by atoms with E-state index in [-0.39, 0.29) is 17.4 Å². The number of nitrogens with zero attached hydrogens (tertiary/aromatic N) is 4. The number of benzene rings is 1. The molecule has 3 aliphatic rings. The summed E-state index contributed by atoms with van der Waals surface area (Å²) < 4.78 is 1.86. The van der Waals surface area contributed by atoms with Gasteiger partial charge in [-0.3, -0.25) is 19.1 Å². The van der Waals surface area contributed by atoms with E-state index in [1.54, 1.807) is 6.07 Å². The summed E-state index contributed by atoms with van der Waals surface area (Å²) in [4.78, 5) is 35.0. The third kappa shape index (κ3) is 5.37. The van der Waals surface area contributed by atoms with Gasteiger partial charge in [0.25, 0.3) is 5.56 Å². The highest BCUT2D eigenvalue weighted by atomic mass is 16.2. The van der Waals surface area contributed by atoms with Crippen LogP contribution in [0.2, 0.25) is 0 Å². The minimum atomic E-state index is 0.0828. The summed E-state index contributed by atoms with van der Waals surface area (Å²) in [6, 6.07) is 12.4. The van der Waals surface area contributed by atoms with Gasteiger partial charge >= 0.3 is 0 Å². The van der Waals surface area contributed by atoms with Crippen molar-refractivity contribution in [3.05, 3.63) is 63.8 Å². The van der Waals surface area contributed by atoms with Crippen molar-refractivity contribution < 1.29 is 4.79 Å². The van der Waals surface area contributed by atoms with E-state index in [2.05, 4.69) is 35.2 Å². The lowest BCUT2D eigenvalue weighted by Crippen LogP contribution is -2.44. The van der Waals surface area contributed by atoms with Gasteiger partial charge in [0.05, 0.1) is 12.2 Å². The van der Waals surface area contributed by atoms with Crippen molar-refractivity contribution >= 4 is 5.91 Å². The van der Waals surface area contributed by atoms with E-state index in [1.165, 1.54) is 12.0 Å². The molecule has 0 spiro atoms. The molecule has 176 valence electrons. The van der Waals surface area contributed by atoms with Crippen molar-refractivity contribution in [3.63, 3.8) is 0 Å². The average Bonchev–Trinajstić information content (AvgIpc) is 3.19. The first-order chi connectivity index (χ1) is 16.2. The van der Waals surface area contributed by atoms with Gasteiger partial charge in [-0.25, -0.2) is 4.98 Å². The van der Waals surface area contributed by atoms with E-state index >= 15 is 0 Å². The lowest BCUT2D eigenvalue weighted by molar-refractivity contribution is -0.131. The molecule has 1 aromatic heterocycles. The van der Waals surface area contributed by atoms with E-state index in [1.807, 2.05) is 9.47 Å². The Morgan fingerprint density at radius 3 is 2.73 bits per heavy atom.